The largest absolute Gasteiger partial charge is 0.347 e. The highest BCUT2D eigenvalue weighted by atomic mass is 15.3. The van der Waals surface area contributed by atoms with Crippen molar-refractivity contribution in [3.63, 3.8) is 0 Å². The van der Waals surface area contributed by atoms with Gasteiger partial charge < -0.3 is 10.2 Å². The van der Waals surface area contributed by atoms with Crippen molar-refractivity contribution < 1.29 is 0 Å². The third-order valence-electron chi connectivity index (χ3n) is 4.49. The van der Waals surface area contributed by atoms with Gasteiger partial charge in [0.2, 0.25) is 0 Å². The molecule has 2 fully saturated rings. The molecule has 4 heteroatoms. The van der Waals surface area contributed by atoms with Crippen LogP contribution in [-0.4, -0.2) is 30.2 Å². The van der Waals surface area contributed by atoms with E-state index >= 15 is 0 Å². The minimum atomic E-state index is 0.177. The van der Waals surface area contributed by atoms with E-state index in [2.05, 4.69) is 21.3 Å². The van der Waals surface area contributed by atoms with Gasteiger partial charge in [0.05, 0.1) is 11.1 Å². The number of anilines is 1. The normalized spacial score (nSPS) is 22.2. The Hall–Kier alpha value is -1.60. The van der Waals surface area contributed by atoms with E-state index in [1.165, 1.54) is 32.1 Å². The van der Waals surface area contributed by atoms with Crippen molar-refractivity contribution >= 4 is 5.82 Å². The molecule has 1 aromatic heterocycles. The number of nitrogens with one attached hydrogen (secondary N) is 1. The summed E-state index contributed by atoms with van der Waals surface area (Å²) >= 11 is 0. The number of pyridine rings is 1. The zero-order valence-corrected chi connectivity index (χ0v) is 11.2. The first-order valence-corrected chi connectivity index (χ1v) is 7.19. The smallest absolute Gasteiger partial charge is 0.147 e. The lowest BCUT2D eigenvalue weighted by Gasteiger charge is -2.50. The summed E-state index contributed by atoms with van der Waals surface area (Å²) in [5, 5.41) is 12.8. The lowest BCUT2D eigenvalue weighted by molar-refractivity contribution is 0.239. The molecule has 1 N–H and O–H groups in total. The highest BCUT2D eigenvalue weighted by molar-refractivity contribution is 5.56. The van der Waals surface area contributed by atoms with Crippen molar-refractivity contribution in [3.05, 3.63) is 23.9 Å². The second-order valence-electron chi connectivity index (χ2n) is 5.60. The van der Waals surface area contributed by atoms with Gasteiger partial charge in [-0.2, -0.15) is 5.26 Å². The molecule has 2 aliphatic rings. The van der Waals surface area contributed by atoms with E-state index in [1.807, 2.05) is 12.1 Å². The molecule has 19 heavy (non-hydrogen) atoms. The highest BCUT2D eigenvalue weighted by Crippen LogP contribution is 2.37. The van der Waals surface area contributed by atoms with Gasteiger partial charge in [-0.25, -0.2) is 4.98 Å². The van der Waals surface area contributed by atoms with Gasteiger partial charge >= 0.3 is 0 Å². The zero-order valence-electron chi connectivity index (χ0n) is 11.2. The number of nitriles is 1. The summed E-state index contributed by atoms with van der Waals surface area (Å²) in [6.07, 6.45) is 8.13. The summed E-state index contributed by atoms with van der Waals surface area (Å²) in [6.45, 7) is 2.95. The van der Waals surface area contributed by atoms with Crippen LogP contribution in [0.4, 0.5) is 5.82 Å². The molecule has 1 saturated carbocycles. The number of rotatable bonds is 1. The molecule has 0 aromatic carbocycles. The van der Waals surface area contributed by atoms with E-state index in [0.29, 0.717) is 5.56 Å². The van der Waals surface area contributed by atoms with E-state index in [4.69, 9.17) is 0 Å². The molecule has 1 saturated heterocycles. The van der Waals surface area contributed by atoms with Gasteiger partial charge in [0.15, 0.2) is 0 Å². The van der Waals surface area contributed by atoms with Gasteiger partial charge in [-0.3, -0.25) is 0 Å². The quantitative estimate of drug-likeness (QED) is 0.835. The number of hydrogen-bond donors (Lipinski definition) is 1. The van der Waals surface area contributed by atoms with E-state index in [-0.39, 0.29) is 5.54 Å². The summed E-state index contributed by atoms with van der Waals surface area (Å²) in [6, 6.07) is 6.01. The third kappa shape index (κ3) is 2.19. The van der Waals surface area contributed by atoms with E-state index < -0.39 is 0 Å². The molecule has 3 rings (SSSR count). The van der Waals surface area contributed by atoms with E-state index in [0.717, 1.165) is 25.5 Å². The Kier molecular flexibility index (Phi) is 3.39. The molecule has 4 nitrogen and oxygen atoms in total. The molecule has 1 spiro atoms. The second-order valence-corrected chi connectivity index (χ2v) is 5.60. The van der Waals surface area contributed by atoms with Crippen LogP contribution in [0.1, 0.15) is 37.7 Å². The lowest BCUT2D eigenvalue weighted by Crippen LogP contribution is -2.62. The maximum Gasteiger partial charge on any atom is 0.147 e. The Balaban J connectivity index is 1.98. The van der Waals surface area contributed by atoms with Gasteiger partial charge in [0.1, 0.15) is 11.9 Å². The van der Waals surface area contributed by atoms with Crippen LogP contribution in [0.25, 0.3) is 0 Å². The predicted octanol–water partition coefficient (Wildman–Crippen LogP) is 2.07. The van der Waals surface area contributed by atoms with Crippen LogP contribution < -0.4 is 10.2 Å². The van der Waals surface area contributed by atoms with Crippen molar-refractivity contribution in [2.75, 3.05) is 24.5 Å². The maximum atomic E-state index is 9.30. The summed E-state index contributed by atoms with van der Waals surface area (Å²) in [5.74, 6) is 0.883. The van der Waals surface area contributed by atoms with Crippen molar-refractivity contribution in [2.45, 2.75) is 37.6 Å². The van der Waals surface area contributed by atoms with Crippen LogP contribution in [0, 0.1) is 11.3 Å². The summed E-state index contributed by atoms with van der Waals surface area (Å²) in [7, 11) is 0. The van der Waals surface area contributed by atoms with E-state index in [1.54, 1.807) is 6.20 Å². The van der Waals surface area contributed by atoms with Gasteiger partial charge in [-0.05, 0) is 25.0 Å². The van der Waals surface area contributed by atoms with Crippen LogP contribution in [0.15, 0.2) is 18.3 Å². The molecule has 1 aliphatic carbocycles. The van der Waals surface area contributed by atoms with Gasteiger partial charge in [0, 0.05) is 25.8 Å². The fraction of sp³-hybridized carbons (Fsp3) is 0.600. The summed E-state index contributed by atoms with van der Waals surface area (Å²) < 4.78 is 0. The standard InChI is InChI=1S/C15H20N4/c16-11-13-5-4-8-18-14(13)19-10-9-17-12-15(19)6-2-1-3-7-15/h4-5,8,17H,1-3,6-7,9-10,12H2. The summed E-state index contributed by atoms with van der Waals surface area (Å²) in [5.41, 5.74) is 0.880. The Morgan fingerprint density at radius 1 is 1.32 bits per heavy atom. The molecular formula is C15H20N4. The molecule has 2 heterocycles. The minimum absolute atomic E-state index is 0.177. The molecular weight excluding hydrogens is 236 g/mol. The Morgan fingerprint density at radius 2 is 2.16 bits per heavy atom. The van der Waals surface area contributed by atoms with Gasteiger partial charge in [-0.15, -0.1) is 0 Å². The average molecular weight is 256 g/mol. The Morgan fingerprint density at radius 3 is 2.95 bits per heavy atom. The average Bonchev–Trinajstić information content (AvgIpc) is 2.49. The molecule has 1 aliphatic heterocycles. The summed E-state index contributed by atoms with van der Waals surface area (Å²) in [4.78, 5) is 6.90. The predicted molar refractivity (Wildman–Crippen MR) is 75.0 cm³/mol. The Labute approximate surface area is 114 Å². The Bertz CT molecular complexity index is 477. The van der Waals surface area contributed by atoms with E-state index in [9.17, 15) is 5.26 Å². The molecule has 1 aromatic rings. The third-order valence-corrected chi connectivity index (χ3v) is 4.49. The molecule has 0 amide bonds. The number of piperazine rings is 1. The van der Waals surface area contributed by atoms with Crippen LogP contribution in [0.3, 0.4) is 0 Å². The van der Waals surface area contributed by atoms with Crippen molar-refractivity contribution in [3.8, 4) is 6.07 Å². The molecule has 0 bridgehead atoms. The molecule has 0 atom stereocenters. The van der Waals surface area contributed by atoms with Crippen LogP contribution in [-0.2, 0) is 0 Å². The number of aromatic nitrogens is 1. The number of nitrogens with zero attached hydrogens (tertiary/aromatic N) is 3. The first kappa shape index (κ1) is 12.4. The maximum absolute atomic E-state index is 9.30. The van der Waals surface area contributed by atoms with Crippen LogP contribution in [0.2, 0.25) is 0 Å². The van der Waals surface area contributed by atoms with Crippen molar-refractivity contribution in [1.29, 1.82) is 5.26 Å². The first-order valence-electron chi connectivity index (χ1n) is 7.19. The molecule has 0 unspecified atom stereocenters. The zero-order chi connectivity index (χ0) is 13.1. The number of hydrogen-bond acceptors (Lipinski definition) is 4. The van der Waals surface area contributed by atoms with Crippen molar-refractivity contribution in [1.82, 2.24) is 10.3 Å². The topological polar surface area (TPSA) is 52.0 Å². The lowest BCUT2D eigenvalue weighted by atomic mass is 9.79. The molecule has 0 radical (unpaired) electrons. The van der Waals surface area contributed by atoms with Crippen LogP contribution in [0.5, 0.6) is 0 Å². The van der Waals surface area contributed by atoms with Crippen molar-refractivity contribution in [2.24, 2.45) is 0 Å². The highest BCUT2D eigenvalue weighted by Gasteiger charge is 2.41. The van der Waals surface area contributed by atoms with Gasteiger partial charge in [0.25, 0.3) is 0 Å². The fourth-order valence-electron chi connectivity index (χ4n) is 3.53. The monoisotopic (exact) mass is 256 g/mol. The second kappa shape index (κ2) is 5.18. The minimum Gasteiger partial charge on any atom is -0.347 e. The van der Waals surface area contributed by atoms with Gasteiger partial charge in [-0.1, -0.05) is 19.3 Å². The fourth-order valence-corrected chi connectivity index (χ4v) is 3.53. The van der Waals surface area contributed by atoms with Crippen LogP contribution >= 0.6 is 0 Å². The molecule has 100 valence electrons. The first-order chi connectivity index (χ1) is 9.36. The SMILES string of the molecule is N#Cc1cccnc1N1CCNCC12CCCCC2.